The third-order valence-corrected chi connectivity index (χ3v) is 2.62. The molecule has 0 bridgehead atoms. The number of nitrogens with zero attached hydrogens (tertiary/aromatic N) is 2. The van der Waals surface area contributed by atoms with Gasteiger partial charge in [0.05, 0.1) is 9.40 Å². The van der Waals surface area contributed by atoms with E-state index in [9.17, 15) is 10.1 Å². The highest BCUT2D eigenvalue weighted by atomic mass is 79.9. The lowest BCUT2D eigenvalue weighted by atomic mass is 10.2. The SMILES string of the molecule is O=[N+]([O-])c1cncc(Br)c1OC1CNC1. The van der Waals surface area contributed by atoms with Gasteiger partial charge in [-0.05, 0) is 15.9 Å². The van der Waals surface area contributed by atoms with Crippen LogP contribution in [0.1, 0.15) is 0 Å². The third-order valence-electron chi connectivity index (χ3n) is 2.06. The second-order valence-electron chi connectivity index (χ2n) is 3.12. The first-order valence-electron chi connectivity index (χ1n) is 4.33. The molecular weight excluding hydrogens is 266 g/mol. The Labute approximate surface area is 93.9 Å². The van der Waals surface area contributed by atoms with E-state index in [1.54, 1.807) is 0 Å². The Morgan fingerprint density at radius 3 is 2.87 bits per heavy atom. The number of aromatic nitrogens is 1. The molecule has 2 rings (SSSR count). The van der Waals surface area contributed by atoms with Gasteiger partial charge < -0.3 is 10.1 Å². The number of pyridine rings is 1. The Kier molecular flexibility index (Phi) is 2.83. The second-order valence-corrected chi connectivity index (χ2v) is 3.98. The minimum atomic E-state index is -0.501. The molecule has 2 heterocycles. The van der Waals surface area contributed by atoms with Crippen molar-refractivity contribution in [2.24, 2.45) is 0 Å². The van der Waals surface area contributed by atoms with Gasteiger partial charge in [0.2, 0.25) is 5.75 Å². The van der Waals surface area contributed by atoms with Crippen molar-refractivity contribution < 1.29 is 9.66 Å². The van der Waals surface area contributed by atoms with Crippen LogP contribution in [0.2, 0.25) is 0 Å². The molecule has 80 valence electrons. The van der Waals surface area contributed by atoms with E-state index in [4.69, 9.17) is 4.74 Å². The van der Waals surface area contributed by atoms with Crippen molar-refractivity contribution in [2.75, 3.05) is 13.1 Å². The molecule has 1 N–H and O–H groups in total. The van der Waals surface area contributed by atoms with Gasteiger partial charge in [-0.3, -0.25) is 15.1 Å². The quantitative estimate of drug-likeness (QED) is 0.659. The molecule has 1 aliphatic heterocycles. The summed E-state index contributed by atoms with van der Waals surface area (Å²) in [5, 5.41) is 13.7. The van der Waals surface area contributed by atoms with Crippen LogP contribution >= 0.6 is 15.9 Å². The van der Waals surface area contributed by atoms with Crippen LogP contribution in [0.15, 0.2) is 16.9 Å². The number of hydrogen-bond acceptors (Lipinski definition) is 5. The Morgan fingerprint density at radius 2 is 2.33 bits per heavy atom. The van der Waals surface area contributed by atoms with E-state index in [-0.39, 0.29) is 17.5 Å². The zero-order valence-electron chi connectivity index (χ0n) is 7.64. The van der Waals surface area contributed by atoms with Gasteiger partial charge in [0.25, 0.3) is 0 Å². The van der Waals surface area contributed by atoms with E-state index in [1.165, 1.54) is 12.4 Å². The Hall–Kier alpha value is -1.21. The third kappa shape index (κ3) is 2.07. The molecule has 1 aliphatic rings. The van der Waals surface area contributed by atoms with Crippen molar-refractivity contribution in [1.29, 1.82) is 0 Å². The highest BCUT2D eigenvalue weighted by molar-refractivity contribution is 9.10. The van der Waals surface area contributed by atoms with Gasteiger partial charge in [0, 0.05) is 19.3 Å². The molecular formula is C8H8BrN3O3. The fourth-order valence-corrected chi connectivity index (χ4v) is 1.59. The van der Waals surface area contributed by atoms with Gasteiger partial charge in [-0.1, -0.05) is 0 Å². The molecule has 0 aromatic carbocycles. The zero-order chi connectivity index (χ0) is 10.8. The van der Waals surface area contributed by atoms with E-state index in [0.717, 1.165) is 0 Å². The van der Waals surface area contributed by atoms with Crippen LogP contribution in [0.3, 0.4) is 0 Å². The summed E-state index contributed by atoms with van der Waals surface area (Å²) in [6, 6.07) is 0. The number of nitrogens with one attached hydrogen (secondary N) is 1. The molecule has 0 aliphatic carbocycles. The van der Waals surface area contributed by atoms with E-state index in [0.29, 0.717) is 17.6 Å². The summed E-state index contributed by atoms with van der Waals surface area (Å²) in [5.41, 5.74) is -0.115. The predicted octanol–water partition coefficient (Wildman–Crippen LogP) is 1.10. The van der Waals surface area contributed by atoms with Gasteiger partial charge in [-0.2, -0.15) is 0 Å². The fraction of sp³-hybridized carbons (Fsp3) is 0.375. The largest absolute Gasteiger partial charge is 0.480 e. The summed E-state index contributed by atoms with van der Waals surface area (Å²) in [5.74, 6) is 0.251. The zero-order valence-corrected chi connectivity index (χ0v) is 9.23. The maximum Gasteiger partial charge on any atom is 0.330 e. The lowest BCUT2D eigenvalue weighted by Crippen LogP contribution is -2.50. The summed E-state index contributed by atoms with van der Waals surface area (Å²) < 4.78 is 5.99. The van der Waals surface area contributed by atoms with E-state index >= 15 is 0 Å². The van der Waals surface area contributed by atoms with Crippen molar-refractivity contribution in [3.05, 3.63) is 27.0 Å². The van der Waals surface area contributed by atoms with Crippen molar-refractivity contribution in [2.45, 2.75) is 6.10 Å². The standard InChI is InChI=1S/C8H8BrN3O3/c9-6-3-11-4-7(12(13)14)8(6)15-5-1-10-2-5/h3-5,10H,1-2H2. The van der Waals surface area contributed by atoms with Crippen LogP contribution in [0.4, 0.5) is 5.69 Å². The van der Waals surface area contributed by atoms with Crippen molar-refractivity contribution in [3.8, 4) is 5.75 Å². The lowest BCUT2D eigenvalue weighted by molar-refractivity contribution is -0.386. The molecule has 0 atom stereocenters. The lowest BCUT2D eigenvalue weighted by Gasteiger charge is -2.27. The summed E-state index contributed by atoms with van der Waals surface area (Å²) in [4.78, 5) is 13.9. The number of ether oxygens (including phenoxy) is 1. The van der Waals surface area contributed by atoms with Gasteiger partial charge in [0.1, 0.15) is 12.3 Å². The summed E-state index contributed by atoms with van der Waals surface area (Å²) in [6.45, 7) is 1.43. The Bertz CT molecular complexity index is 395. The normalized spacial score (nSPS) is 15.8. The summed E-state index contributed by atoms with van der Waals surface area (Å²) in [6.07, 6.45) is 2.67. The fourth-order valence-electron chi connectivity index (χ4n) is 1.17. The van der Waals surface area contributed by atoms with Crippen molar-refractivity contribution in [3.63, 3.8) is 0 Å². The monoisotopic (exact) mass is 273 g/mol. The van der Waals surface area contributed by atoms with Crippen molar-refractivity contribution in [1.82, 2.24) is 10.3 Å². The van der Waals surface area contributed by atoms with E-state index < -0.39 is 4.92 Å². The predicted molar refractivity (Wildman–Crippen MR) is 55.9 cm³/mol. The van der Waals surface area contributed by atoms with Crippen LogP contribution in [-0.4, -0.2) is 29.1 Å². The Balaban J connectivity index is 2.29. The van der Waals surface area contributed by atoms with Gasteiger partial charge in [-0.15, -0.1) is 0 Å². The average Bonchev–Trinajstić information content (AvgIpc) is 2.12. The summed E-state index contributed by atoms with van der Waals surface area (Å²) >= 11 is 3.18. The molecule has 1 aromatic heterocycles. The van der Waals surface area contributed by atoms with Crippen LogP contribution in [0.5, 0.6) is 5.75 Å². The maximum atomic E-state index is 10.7. The first-order valence-corrected chi connectivity index (χ1v) is 5.13. The summed E-state index contributed by atoms with van der Waals surface area (Å²) in [7, 11) is 0. The molecule has 1 aromatic rings. The van der Waals surface area contributed by atoms with E-state index in [1.807, 2.05) is 0 Å². The number of rotatable bonds is 3. The minimum Gasteiger partial charge on any atom is -0.480 e. The molecule has 7 heteroatoms. The highest BCUT2D eigenvalue weighted by Gasteiger charge is 2.25. The molecule has 1 fully saturated rings. The van der Waals surface area contributed by atoms with Crippen LogP contribution in [0.25, 0.3) is 0 Å². The molecule has 0 saturated carbocycles. The average molecular weight is 274 g/mol. The minimum absolute atomic E-state index is 0.00222. The van der Waals surface area contributed by atoms with Crippen LogP contribution < -0.4 is 10.1 Å². The topological polar surface area (TPSA) is 77.3 Å². The van der Waals surface area contributed by atoms with Gasteiger partial charge in [-0.25, -0.2) is 0 Å². The molecule has 0 spiro atoms. The first kappa shape index (κ1) is 10.3. The van der Waals surface area contributed by atoms with E-state index in [2.05, 4.69) is 26.2 Å². The molecule has 15 heavy (non-hydrogen) atoms. The molecule has 0 radical (unpaired) electrons. The van der Waals surface area contributed by atoms with Crippen LogP contribution in [0, 0.1) is 10.1 Å². The van der Waals surface area contributed by atoms with Crippen LogP contribution in [-0.2, 0) is 0 Å². The molecule has 6 nitrogen and oxygen atoms in total. The molecule has 1 saturated heterocycles. The van der Waals surface area contributed by atoms with Gasteiger partial charge >= 0.3 is 5.69 Å². The Morgan fingerprint density at radius 1 is 1.60 bits per heavy atom. The maximum absolute atomic E-state index is 10.7. The first-order chi connectivity index (χ1) is 7.18. The highest BCUT2D eigenvalue weighted by Crippen LogP contribution is 2.34. The van der Waals surface area contributed by atoms with Crippen molar-refractivity contribution >= 4 is 21.6 Å². The molecule has 0 amide bonds. The smallest absolute Gasteiger partial charge is 0.330 e. The van der Waals surface area contributed by atoms with Gasteiger partial charge in [0.15, 0.2) is 0 Å². The second kappa shape index (κ2) is 4.11. The number of nitro groups is 1. The molecule has 0 unspecified atom stereocenters. The number of hydrogen-bond donors (Lipinski definition) is 1. The number of halogens is 1.